The standard InChI is InChI=1S/C14H10F3N5/c15-14(16,17)11-6-8-18-13(19-11)20-12-7-9-22(21-12)10-4-2-1-3-5-10/h1-9H,(H,18,19,20,21). The van der Waals surface area contributed by atoms with Gasteiger partial charge in [0.25, 0.3) is 0 Å². The van der Waals surface area contributed by atoms with Gasteiger partial charge in [-0.2, -0.15) is 18.3 Å². The average molecular weight is 305 g/mol. The van der Waals surface area contributed by atoms with Crippen LogP contribution in [-0.4, -0.2) is 19.7 Å². The minimum atomic E-state index is -4.51. The Labute approximate surface area is 123 Å². The van der Waals surface area contributed by atoms with Crippen molar-refractivity contribution in [2.75, 3.05) is 5.32 Å². The number of para-hydroxylation sites is 1. The molecular weight excluding hydrogens is 295 g/mol. The van der Waals surface area contributed by atoms with Gasteiger partial charge in [-0.15, -0.1) is 0 Å². The first-order valence-electron chi connectivity index (χ1n) is 6.31. The van der Waals surface area contributed by atoms with E-state index in [0.29, 0.717) is 5.82 Å². The third kappa shape index (κ3) is 3.05. The number of benzene rings is 1. The summed E-state index contributed by atoms with van der Waals surface area (Å²) >= 11 is 0. The molecule has 0 spiro atoms. The molecule has 0 fully saturated rings. The third-order valence-electron chi connectivity index (χ3n) is 2.80. The van der Waals surface area contributed by atoms with Crippen molar-refractivity contribution in [3.63, 3.8) is 0 Å². The van der Waals surface area contributed by atoms with Gasteiger partial charge < -0.3 is 5.32 Å². The van der Waals surface area contributed by atoms with E-state index < -0.39 is 11.9 Å². The number of hydrogen-bond acceptors (Lipinski definition) is 4. The Morgan fingerprint density at radius 2 is 1.77 bits per heavy atom. The maximum atomic E-state index is 12.6. The van der Waals surface area contributed by atoms with Crippen LogP contribution >= 0.6 is 0 Å². The first-order chi connectivity index (χ1) is 10.5. The highest BCUT2D eigenvalue weighted by atomic mass is 19.4. The van der Waals surface area contributed by atoms with Crippen LogP contribution < -0.4 is 5.32 Å². The molecular formula is C14H10F3N5. The van der Waals surface area contributed by atoms with Crippen molar-refractivity contribution in [1.82, 2.24) is 19.7 Å². The van der Waals surface area contributed by atoms with Crippen molar-refractivity contribution in [2.45, 2.75) is 6.18 Å². The third-order valence-corrected chi connectivity index (χ3v) is 2.80. The second kappa shape index (κ2) is 5.47. The lowest BCUT2D eigenvalue weighted by Crippen LogP contribution is -2.10. The van der Waals surface area contributed by atoms with Crippen LogP contribution in [0.4, 0.5) is 24.9 Å². The first-order valence-corrected chi connectivity index (χ1v) is 6.31. The van der Waals surface area contributed by atoms with Gasteiger partial charge in [-0.25, -0.2) is 14.6 Å². The summed E-state index contributed by atoms with van der Waals surface area (Å²) < 4.78 is 39.4. The van der Waals surface area contributed by atoms with Crippen LogP contribution in [0.2, 0.25) is 0 Å². The van der Waals surface area contributed by atoms with Crippen molar-refractivity contribution in [3.05, 3.63) is 60.6 Å². The molecule has 0 unspecified atom stereocenters. The second-order valence-electron chi connectivity index (χ2n) is 4.37. The van der Waals surface area contributed by atoms with Gasteiger partial charge >= 0.3 is 6.18 Å². The van der Waals surface area contributed by atoms with Gasteiger partial charge in [-0.05, 0) is 18.2 Å². The van der Waals surface area contributed by atoms with Crippen LogP contribution in [-0.2, 0) is 6.18 Å². The lowest BCUT2D eigenvalue weighted by molar-refractivity contribution is -0.141. The van der Waals surface area contributed by atoms with Crippen LogP contribution in [0.25, 0.3) is 5.69 Å². The highest BCUT2D eigenvalue weighted by Crippen LogP contribution is 2.27. The molecule has 0 aliphatic rings. The van der Waals surface area contributed by atoms with Crippen molar-refractivity contribution < 1.29 is 13.2 Å². The smallest absolute Gasteiger partial charge is 0.307 e. The normalized spacial score (nSPS) is 11.4. The van der Waals surface area contributed by atoms with Gasteiger partial charge in [0.2, 0.25) is 5.95 Å². The van der Waals surface area contributed by atoms with Crippen LogP contribution in [0.15, 0.2) is 54.9 Å². The first kappa shape index (κ1) is 14.1. The molecule has 22 heavy (non-hydrogen) atoms. The molecule has 0 aliphatic heterocycles. The Balaban J connectivity index is 1.81. The zero-order chi connectivity index (χ0) is 15.6. The molecule has 1 aromatic carbocycles. The quantitative estimate of drug-likeness (QED) is 0.805. The van der Waals surface area contributed by atoms with E-state index in [0.717, 1.165) is 18.0 Å². The van der Waals surface area contributed by atoms with Crippen molar-refractivity contribution in [1.29, 1.82) is 0 Å². The predicted molar refractivity (Wildman–Crippen MR) is 73.9 cm³/mol. The lowest BCUT2D eigenvalue weighted by atomic mass is 10.3. The summed E-state index contributed by atoms with van der Waals surface area (Å²) in [4.78, 5) is 7.18. The van der Waals surface area contributed by atoms with E-state index in [1.54, 1.807) is 16.9 Å². The SMILES string of the molecule is FC(F)(F)c1ccnc(Nc2ccn(-c3ccccc3)n2)n1. The van der Waals surface area contributed by atoms with E-state index in [9.17, 15) is 13.2 Å². The molecule has 0 radical (unpaired) electrons. The lowest BCUT2D eigenvalue weighted by Gasteiger charge is -2.07. The fourth-order valence-electron chi connectivity index (χ4n) is 1.81. The van der Waals surface area contributed by atoms with Gasteiger partial charge in [0.1, 0.15) is 5.69 Å². The van der Waals surface area contributed by atoms with Crippen LogP contribution in [0, 0.1) is 0 Å². The number of halogens is 3. The summed E-state index contributed by atoms with van der Waals surface area (Å²) in [5.41, 5.74) is -0.173. The van der Waals surface area contributed by atoms with E-state index in [1.165, 1.54) is 0 Å². The fourth-order valence-corrected chi connectivity index (χ4v) is 1.81. The van der Waals surface area contributed by atoms with Gasteiger partial charge in [0, 0.05) is 18.5 Å². The van der Waals surface area contributed by atoms with Crippen molar-refractivity contribution in [3.8, 4) is 5.69 Å². The summed E-state index contributed by atoms with van der Waals surface area (Å²) in [7, 11) is 0. The van der Waals surface area contributed by atoms with Crippen molar-refractivity contribution >= 4 is 11.8 Å². The van der Waals surface area contributed by atoms with Crippen LogP contribution in [0.1, 0.15) is 5.69 Å². The molecule has 2 aromatic heterocycles. The van der Waals surface area contributed by atoms with E-state index in [1.807, 2.05) is 30.3 Å². The summed E-state index contributed by atoms with van der Waals surface area (Å²) in [5, 5.41) is 6.86. The molecule has 0 bridgehead atoms. The zero-order valence-electron chi connectivity index (χ0n) is 11.1. The van der Waals surface area contributed by atoms with Gasteiger partial charge in [0.05, 0.1) is 5.69 Å². The monoisotopic (exact) mass is 305 g/mol. The molecule has 0 amide bonds. The number of rotatable bonds is 3. The molecule has 1 N–H and O–H groups in total. The van der Waals surface area contributed by atoms with Gasteiger partial charge in [-0.1, -0.05) is 18.2 Å². The zero-order valence-corrected chi connectivity index (χ0v) is 11.1. The number of aromatic nitrogens is 4. The molecule has 5 nitrogen and oxygen atoms in total. The second-order valence-corrected chi connectivity index (χ2v) is 4.37. The van der Waals surface area contributed by atoms with E-state index in [-0.39, 0.29) is 5.95 Å². The summed E-state index contributed by atoms with van der Waals surface area (Å²) in [5.74, 6) is 0.191. The molecule has 0 saturated carbocycles. The number of anilines is 2. The minimum absolute atomic E-state index is 0.159. The molecule has 0 atom stereocenters. The average Bonchev–Trinajstić information content (AvgIpc) is 2.96. The Morgan fingerprint density at radius 1 is 1.00 bits per heavy atom. The molecule has 8 heteroatoms. The topological polar surface area (TPSA) is 55.6 Å². The molecule has 3 rings (SSSR count). The number of nitrogens with one attached hydrogen (secondary N) is 1. The van der Waals surface area contributed by atoms with Crippen LogP contribution in [0.5, 0.6) is 0 Å². The van der Waals surface area contributed by atoms with Crippen molar-refractivity contribution in [2.24, 2.45) is 0 Å². The highest BCUT2D eigenvalue weighted by molar-refractivity contribution is 5.48. The minimum Gasteiger partial charge on any atom is -0.307 e. The van der Waals surface area contributed by atoms with Crippen LogP contribution in [0.3, 0.4) is 0 Å². The summed E-state index contributed by atoms with van der Waals surface area (Å²) in [6, 6.07) is 11.8. The predicted octanol–water partition coefficient (Wildman–Crippen LogP) is 3.42. The maximum Gasteiger partial charge on any atom is 0.433 e. The Morgan fingerprint density at radius 3 is 2.50 bits per heavy atom. The van der Waals surface area contributed by atoms with E-state index in [2.05, 4.69) is 20.4 Å². The molecule has 0 saturated heterocycles. The number of alkyl halides is 3. The largest absolute Gasteiger partial charge is 0.433 e. The Bertz CT molecular complexity index is 767. The van der Waals surface area contributed by atoms with Gasteiger partial charge in [0.15, 0.2) is 5.82 Å². The number of nitrogens with zero attached hydrogens (tertiary/aromatic N) is 4. The Hall–Kier alpha value is -2.90. The highest BCUT2D eigenvalue weighted by Gasteiger charge is 2.32. The number of hydrogen-bond donors (Lipinski definition) is 1. The van der Waals surface area contributed by atoms with E-state index in [4.69, 9.17) is 0 Å². The Kier molecular flexibility index (Phi) is 3.50. The van der Waals surface area contributed by atoms with Gasteiger partial charge in [-0.3, -0.25) is 0 Å². The molecule has 2 heterocycles. The molecule has 0 aliphatic carbocycles. The summed E-state index contributed by atoms with van der Waals surface area (Å²) in [6.45, 7) is 0. The maximum absolute atomic E-state index is 12.6. The fraction of sp³-hybridized carbons (Fsp3) is 0.0714. The summed E-state index contributed by atoms with van der Waals surface area (Å²) in [6.07, 6.45) is -1.78. The molecule has 3 aromatic rings. The molecule has 112 valence electrons. The van der Waals surface area contributed by atoms with E-state index >= 15 is 0 Å².